The summed E-state index contributed by atoms with van der Waals surface area (Å²) in [5.41, 5.74) is 12.5. The summed E-state index contributed by atoms with van der Waals surface area (Å²) in [5, 5.41) is 38.6. The van der Waals surface area contributed by atoms with Gasteiger partial charge in [0.2, 0.25) is 41.4 Å². The Balaban J connectivity index is 1.87. The van der Waals surface area contributed by atoms with E-state index in [0.29, 0.717) is 29.7 Å². The van der Waals surface area contributed by atoms with Gasteiger partial charge in [0.15, 0.2) is 5.96 Å². The Hall–Kier alpha value is -7.56. The van der Waals surface area contributed by atoms with Crippen molar-refractivity contribution in [3.63, 3.8) is 0 Å². The van der Waals surface area contributed by atoms with Crippen molar-refractivity contribution in [1.82, 2.24) is 52.1 Å². The standard InChI is InChI=1S/C47H69N13O10/c1-7-28(4)40(44(67)57-35(22-31-23-51-26-53-31)45(68)60(6)25-38(63)55-36(46(69)70)21-29-12-9-8-10-13-29)59-42(65)34(20-30-15-17-32(61)18-16-30)56-43(66)39(27(2)3)58-41(64)33(54-37(62)24-50-5)14-11-19-52-47(48)49/h8-10,12-13,15-18,23,26-28,33-36,39-40,50,61H,7,11,14,19-22,24-25H2,1-6H3,(H,51,53)(H,54,62)(H,55,63)(H,56,66)(H,57,67)(H,58,64)(H,59,65)(H,69,70)(H4,48,49,52)/t28-,33-,34-,35-,36-,39-,40-/m0/s1. The number of nitrogens with one attached hydrogen (secondary N) is 8. The van der Waals surface area contributed by atoms with E-state index < -0.39 is 102 Å². The van der Waals surface area contributed by atoms with Crippen LogP contribution in [0.2, 0.25) is 0 Å². The van der Waals surface area contributed by atoms with Crippen LogP contribution in [0.4, 0.5) is 0 Å². The zero-order valence-electron chi connectivity index (χ0n) is 40.5. The maximum atomic E-state index is 14.4. The lowest BCUT2D eigenvalue weighted by molar-refractivity contribution is -0.143. The monoisotopic (exact) mass is 976 g/mol. The molecule has 23 heteroatoms. The summed E-state index contributed by atoms with van der Waals surface area (Å²) >= 11 is 0. The van der Waals surface area contributed by atoms with E-state index in [0.717, 1.165) is 4.90 Å². The van der Waals surface area contributed by atoms with E-state index in [1.165, 1.54) is 31.7 Å². The molecule has 0 bridgehead atoms. The van der Waals surface area contributed by atoms with Crippen LogP contribution in [0.25, 0.3) is 0 Å². The number of H-pyrrole nitrogens is 1. The van der Waals surface area contributed by atoms with E-state index in [1.54, 1.807) is 77.2 Å². The molecule has 14 N–H and O–H groups in total. The minimum Gasteiger partial charge on any atom is -0.508 e. The largest absolute Gasteiger partial charge is 0.508 e. The van der Waals surface area contributed by atoms with E-state index in [9.17, 15) is 48.6 Å². The average Bonchev–Trinajstić information content (AvgIpc) is 3.83. The van der Waals surface area contributed by atoms with Crippen molar-refractivity contribution in [2.75, 3.05) is 33.7 Å². The highest BCUT2D eigenvalue weighted by atomic mass is 16.4. The number of carbonyl (C=O) groups is 8. The quantitative estimate of drug-likeness (QED) is 0.0216. The van der Waals surface area contributed by atoms with Crippen LogP contribution >= 0.6 is 0 Å². The summed E-state index contributed by atoms with van der Waals surface area (Å²) in [6, 6.07) is 7.08. The Morgan fingerprint density at radius 1 is 0.729 bits per heavy atom. The van der Waals surface area contributed by atoms with Gasteiger partial charge >= 0.3 is 5.97 Å². The number of nitrogens with two attached hydrogens (primary N) is 2. The summed E-state index contributed by atoms with van der Waals surface area (Å²) in [4.78, 5) is 120. The molecule has 0 fully saturated rings. The van der Waals surface area contributed by atoms with Crippen molar-refractivity contribution in [1.29, 1.82) is 0 Å². The third kappa shape index (κ3) is 19.2. The van der Waals surface area contributed by atoms with Gasteiger partial charge in [0.25, 0.3) is 0 Å². The molecule has 3 rings (SSSR count). The van der Waals surface area contributed by atoms with E-state index in [4.69, 9.17) is 11.5 Å². The number of aliphatic carboxylic acids is 1. The van der Waals surface area contributed by atoms with E-state index >= 15 is 0 Å². The van der Waals surface area contributed by atoms with Crippen molar-refractivity contribution < 1.29 is 48.6 Å². The molecule has 1 aromatic heterocycles. The first-order valence-corrected chi connectivity index (χ1v) is 23.0. The molecule has 7 atom stereocenters. The molecule has 2 aromatic carbocycles. The molecule has 382 valence electrons. The number of carbonyl (C=O) groups excluding carboxylic acids is 7. The molecule has 7 amide bonds. The number of nitrogens with zero attached hydrogens (tertiary/aromatic N) is 3. The number of amides is 7. The number of likely N-dealkylation sites (N-methyl/N-ethyl adjacent to an activating group) is 2. The summed E-state index contributed by atoms with van der Waals surface area (Å²) in [5.74, 6) is -7.44. The SMILES string of the molecule is CC[C@H](C)[C@H](NC(=O)[C@H](Cc1ccc(O)cc1)NC(=O)[C@@H](NC(=O)[C@H](CCCN=C(N)N)NC(=O)CNC)C(C)C)C(=O)N[C@@H](Cc1cnc[nH]1)C(=O)N(C)CC(=O)N[C@@H](Cc1ccccc1)C(=O)O. The van der Waals surface area contributed by atoms with Gasteiger partial charge in [-0.05, 0) is 55.0 Å². The van der Waals surface area contributed by atoms with Gasteiger partial charge in [-0.2, -0.15) is 0 Å². The third-order valence-corrected chi connectivity index (χ3v) is 11.3. The summed E-state index contributed by atoms with van der Waals surface area (Å²) in [6.45, 7) is 6.40. The zero-order chi connectivity index (χ0) is 51.9. The first kappa shape index (κ1) is 56.8. The molecule has 0 aliphatic heterocycles. The maximum Gasteiger partial charge on any atom is 0.326 e. The summed E-state index contributed by atoms with van der Waals surface area (Å²) in [7, 11) is 2.89. The van der Waals surface area contributed by atoms with Crippen LogP contribution in [0.3, 0.4) is 0 Å². The van der Waals surface area contributed by atoms with Gasteiger partial charge in [-0.1, -0.05) is 76.6 Å². The summed E-state index contributed by atoms with van der Waals surface area (Å²) in [6.07, 6.45) is 3.41. The minimum absolute atomic E-state index is 0.00243. The van der Waals surface area contributed by atoms with Crippen LogP contribution in [0, 0.1) is 11.8 Å². The predicted molar refractivity (Wildman–Crippen MR) is 259 cm³/mol. The van der Waals surface area contributed by atoms with E-state index in [-0.39, 0.29) is 50.5 Å². The Morgan fingerprint density at radius 2 is 1.31 bits per heavy atom. The predicted octanol–water partition coefficient (Wildman–Crippen LogP) is -1.43. The molecule has 3 aromatic rings. The second kappa shape index (κ2) is 28.7. The highest BCUT2D eigenvalue weighted by Gasteiger charge is 2.36. The lowest BCUT2D eigenvalue weighted by Crippen LogP contribution is -2.61. The van der Waals surface area contributed by atoms with Crippen LogP contribution in [0.1, 0.15) is 63.8 Å². The number of aromatic hydroxyl groups is 1. The molecule has 0 aliphatic rings. The number of carboxylic acid groups (broad SMARTS) is 1. The second-order valence-electron chi connectivity index (χ2n) is 17.3. The topological polar surface area (TPSA) is 358 Å². The van der Waals surface area contributed by atoms with Gasteiger partial charge < -0.3 is 68.8 Å². The highest BCUT2D eigenvalue weighted by molar-refractivity contribution is 5.97. The number of rotatable bonds is 29. The zero-order valence-corrected chi connectivity index (χ0v) is 40.5. The van der Waals surface area contributed by atoms with Crippen molar-refractivity contribution in [3.05, 3.63) is 83.9 Å². The van der Waals surface area contributed by atoms with Crippen LogP contribution < -0.4 is 48.7 Å². The van der Waals surface area contributed by atoms with Gasteiger partial charge in [-0.25, -0.2) is 9.78 Å². The fraction of sp³-hybridized carbons (Fsp3) is 0.489. The smallest absolute Gasteiger partial charge is 0.326 e. The number of aliphatic imine (C=N–C) groups is 1. The maximum absolute atomic E-state index is 14.4. The van der Waals surface area contributed by atoms with Gasteiger partial charge in [0.1, 0.15) is 42.0 Å². The first-order valence-electron chi connectivity index (χ1n) is 23.0. The molecule has 0 radical (unpaired) electrons. The second-order valence-corrected chi connectivity index (χ2v) is 17.3. The summed E-state index contributed by atoms with van der Waals surface area (Å²) < 4.78 is 0. The highest BCUT2D eigenvalue weighted by Crippen LogP contribution is 2.15. The van der Waals surface area contributed by atoms with Crippen molar-refractivity contribution >= 4 is 53.3 Å². The third-order valence-electron chi connectivity index (χ3n) is 11.3. The van der Waals surface area contributed by atoms with Gasteiger partial charge in [-0.3, -0.25) is 38.6 Å². The number of aromatic nitrogens is 2. The number of phenols is 1. The van der Waals surface area contributed by atoms with Crippen molar-refractivity contribution in [2.24, 2.45) is 28.3 Å². The number of carboxylic acids is 1. The number of aromatic amines is 1. The van der Waals surface area contributed by atoms with Gasteiger partial charge in [0, 0.05) is 44.7 Å². The van der Waals surface area contributed by atoms with Crippen molar-refractivity contribution in [2.45, 2.75) is 102 Å². The van der Waals surface area contributed by atoms with Crippen LogP contribution in [0.5, 0.6) is 5.75 Å². The van der Waals surface area contributed by atoms with Crippen LogP contribution in [-0.4, -0.2) is 148 Å². The average molecular weight is 976 g/mol. The Labute approximate surface area is 407 Å². The lowest BCUT2D eigenvalue weighted by atomic mass is 9.96. The number of guanidine groups is 1. The fourth-order valence-electron chi connectivity index (χ4n) is 7.19. The molecule has 0 aliphatic carbocycles. The Kier molecular flexibility index (Phi) is 23.3. The van der Waals surface area contributed by atoms with Gasteiger partial charge in [0.05, 0.1) is 19.4 Å². The number of benzene rings is 2. The Bertz CT molecular complexity index is 2220. The molecule has 0 spiro atoms. The number of hydrogen-bond acceptors (Lipinski definition) is 12. The normalized spacial score (nSPS) is 14.0. The van der Waals surface area contributed by atoms with E-state index in [1.807, 2.05) is 0 Å². The molecule has 70 heavy (non-hydrogen) atoms. The van der Waals surface area contributed by atoms with E-state index in [2.05, 4.69) is 52.2 Å². The first-order chi connectivity index (χ1) is 33.2. The molecule has 0 saturated carbocycles. The van der Waals surface area contributed by atoms with Crippen LogP contribution in [-0.2, 0) is 57.6 Å². The fourth-order valence-corrected chi connectivity index (χ4v) is 7.19. The molecular formula is C47H69N13O10. The Morgan fingerprint density at radius 3 is 1.90 bits per heavy atom. The molecule has 0 unspecified atom stereocenters. The number of phenolic OH excluding ortho intramolecular Hbond substituents is 1. The molecule has 23 nitrogen and oxygen atoms in total. The van der Waals surface area contributed by atoms with Crippen molar-refractivity contribution in [3.8, 4) is 5.75 Å². The molecule has 0 saturated heterocycles. The van der Waals surface area contributed by atoms with Crippen LogP contribution in [0.15, 0.2) is 72.1 Å². The van der Waals surface area contributed by atoms with Gasteiger partial charge in [-0.15, -0.1) is 0 Å². The lowest BCUT2D eigenvalue weighted by Gasteiger charge is -2.30. The molecular weight excluding hydrogens is 907 g/mol. The number of imidazole rings is 1. The molecule has 1 heterocycles. The number of hydrogen-bond donors (Lipinski definition) is 12. The minimum atomic E-state index is -1.36.